The molecule has 198 valence electrons. The predicted molar refractivity (Wildman–Crippen MR) is 144 cm³/mol. The minimum atomic E-state index is -3.55. The van der Waals surface area contributed by atoms with Crippen LogP contribution in [0.15, 0.2) is 48.5 Å². The predicted octanol–water partition coefficient (Wildman–Crippen LogP) is 3.88. The van der Waals surface area contributed by atoms with Crippen molar-refractivity contribution in [1.29, 1.82) is 0 Å². The molecule has 2 aromatic carbocycles. The fourth-order valence-corrected chi connectivity index (χ4v) is 4.71. The molecule has 0 bridgehead atoms. The van der Waals surface area contributed by atoms with Gasteiger partial charge in [0.25, 0.3) is 0 Å². The molecule has 9 heteroatoms. The fourth-order valence-electron chi connectivity index (χ4n) is 3.75. The summed E-state index contributed by atoms with van der Waals surface area (Å²) in [6, 6.07) is 14.0. The number of carbonyl (C=O) groups is 2. The number of sulfonamides is 1. The van der Waals surface area contributed by atoms with E-state index in [9.17, 15) is 18.0 Å². The van der Waals surface area contributed by atoms with Gasteiger partial charge in [0.05, 0.1) is 18.6 Å². The lowest BCUT2D eigenvalue weighted by Gasteiger charge is -2.29. The smallest absolute Gasteiger partial charge is 0.242 e. The van der Waals surface area contributed by atoms with Crippen molar-refractivity contribution in [3.63, 3.8) is 0 Å². The molecule has 0 aliphatic carbocycles. The molecule has 2 rings (SSSR count). The van der Waals surface area contributed by atoms with Gasteiger partial charge in [0, 0.05) is 26.1 Å². The Balaban J connectivity index is 2.13. The van der Waals surface area contributed by atoms with Gasteiger partial charge in [-0.25, -0.2) is 8.42 Å². The standard InChI is InChI=1S/C27H39N3O5S/c1-6-18-28-27(32)22(4)29(20-23-12-10-21(3)11-13-23)26(31)9-8-19-30(36(5,33)34)24-14-16-25(17-15-24)35-7-2/h10-17,22H,6-9,18-20H2,1-5H3,(H,28,32). The van der Waals surface area contributed by atoms with Crippen molar-refractivity contribution in [2.24, 2.45) is 0 Å². The quantitative estimate of drug-likeness (QED) is 0.410. The molecule has 0 saturated heterocycles. The van der Waals surface area contributed by atoms with Crippen molar-refractivity contribution < 1.29 is 22.7 Å². The average molecular weight is 518 g/mol. The van der Waals surface area contributed by atoms with Crippen LogP contribution in [-0.2, 0) is 26.2 Å². The molecule has 8 nitrogen and oxygen atoms in total. The van der Waals surface area contributed by atoms with E-state index in [1.165, 1.54) is 4.31 Å². The lowest BCUT2D eigenvalue weighted by atomic mass is 10.1. The van der Waals surface area contributed by atoms with Crippen molar-refractivity contribution in [3.05, 3.63) is 59.7 Å². The van der Waals surface area contributed by atoms with Gasteiger partial charge < -0.3 is 15.0 Å². The molecule has 0 saturated carbocycles. The van der Waals surface area contributed by atoms with Crippen LogP contribution >= 0.6 is 0 Å². The summed E-state index contributed by atoms with van der Waals surface area (Å²) in [7, 11) is -3.55. The topological polar surface area (TPSA) is 96.0 Å². The Kier molecular flexibility index (Phi) is 11.2. The summed E-state index contributed by atoms with van der Waals surface area (Å²) >= 11 is 0. The van der Waals surface area contributed by atoms with E-state index in [0.717, 1.165) is 23.8 Å². The Morgan fingerprint density at radius 1 is 1.03 bits per heavy atom. The largest absolute Gasteiger partial charge is 0.494 e. The lowest BCUT2D eigenvalue weighted by molar-refractivity contribution is -0.140. The van der Waals surface area contributed by atoms with Crippen molar-refractivity contribution in [1.82, 2.24) is 10.2 Å². The normalized spacial score (nSPS) is 12.0. The third-order valence-corrected chi connectivity index (χ3v) is 6.97. The van der Waals surface area contributed by atoms with Crippen LogP contribution in [-0.4, -0.2) is 57.1 Å². The molecule has 0 radical (unpaired) electrons. The summed E-state index contributed by atoms with van der Waals surface area (Å²) in [5.74, 6) is 0.256. The van der Waals surface area contributed by atoms with Gasteiger partial charge in [0.15, 0.2) is 0 Å². The minimum Gasteiger partial charge on any atom is -0.494 e. The molecule has 1 N–H and O–H groups in total. The molecule has 36 heavy (non-hydrogen) atoms. The number of benzene rings is 2. The molecule has 0 fully saturated rings. The average Bonchev–Trinajstić information content (AvgIpc) is 2.84. The summed E-state index contributed by atoms with van der Waals surface area (Å²) in [6.07, 6.45) is 2.37. The van der Waals surface area contributed by atoms with Gasteiger partial charge in [-0.1, -0.05) is 36.8 Å². The maximum Gasteiger partial charge on any atom is 0.242 e. The van der Waals surface area contributed by atoms with Gasteiger partial charge in [-0.15, -0.1) is 0 Å². The molecule has 0 aromatic heterocycles. The van der Waals surface area contributed by atoms with Crippen LogP contribution in [0.2, 0.25) is 0 Å². The highest BCUT2D eigenvalue weighted by Gasteiger charge is 2.26. The monoisotopic (exact) mass is 517 g/mol. The maximum atomic E-state index is 13.3. The van der Waals surface area contributed by atoms with Crippen molar-refractivity contribution in [3.8, 4) is 5.75 Å². The van der Waals surface area contributed by atoms with Gasteiger partial charge in [-0.3, -0.25) is 13.9 Å². The minimum absolute atomic E-state index is 0.111. The molecule has 0 aliphatic heterocycles. The molecule has 1 atom stereocenters. The lowest BCUT2D eigenvalue weighted by Crippen LogP contribution is -2.47. The number of anilines is 1. The molecular formula is C27H39N3O5S. The number of amides is 2. The van der Waals surface area contributed by atoms with Gasteiger partial charge in [0.1, 0.15) is 11.8 Å². The van der Waals surface area contributed by atoms with Crippen LogP contribution in [0.1, 0.15) is 51.2 Å². The number of nitrogens with zero attached hydrogens (tertiary/aromatic N) is 2. The number of aryl methyl sites for hydroxylation is 1. The van der Waals surface area contributed by atoms with E-state index in [0.29, 0.717) is 37.6 Å². The molecule has 2 amide bonds. The molecule has 0 aliphatic rings. The first-order chi connectivity index (χ1) is 17.1. The van der Waals surface area contributed by atoms with E-state index in [4.69, 9.17) is 4.74 Å². The van der Waals surface area contributed by atoms with Crippen molar-refractivity contribution >= 4 is 27.5 Å². The zero-order valence-electron chi connectivity index (χ0n) is 22.0. The summed E-state index contributed by atoms with van der Waals surface area (Å²) < 4.78 is 31.7. The molecule has 0 spiro atoms. The molecular weight excluding hydrogens is 478 g/mol. The van der Waals surface area contributed by atoms with Crippen LogP contribution in [0.25, 0.3) is 0 Å². The van der Waals surface area contributed by atoms with Gasteiger partial charge in [0.2, 0.25) is 21.8 Å². The second kappa shape index (κ2) is 13.9. The SMILES string of the molecule is CCCNC(=O)C(C)N(Cc1ccc(C)cc1)C(=O)CCCN(c1ccc(OCC)cc1)S(C)(=O)=O. The summed E-state index contributed by atoms with van der Waals surface area (Å²) in [4.78, 5) is 27.5. The highest BCUT2D eigenvalue weighted by Crippen LogP contribution is 2.22. The summed E-state index contributed by atoms with van der Waals surface area (Å²) in [6.45, 7) is 9.07. The van der Waals surface area contributed by atoms with Gasteiger partial charge in [-0.05, 0) is 63.4 Å². The number of nitrogens with one attached hydrogen (secondary N) is 1. The van der Waals surface area contributed by atoms with Gasteiger partial charge in [-0.2, -0.15) is 0 Å². The van der Waals surface area contributed by atoms with E-state index in [1.807, 2.05) is 45.0 Å². The second-order valence-electron chi connectivity index (χ2n) is 8.84. The summed E-state index contributed by atoms with van der Waals surface area (Å²) in [5.41, 5.74) is 2.55. The Bertz CT molecular complexity index is 1090. The number of rotatable bonds is 14. The zero-order chi connectivity index (χ0) is 26.7. The number of hydrogen-bond acceptors (Lipinski definition) is 5. The van der Waals surface area contributed by atoms with E-state index in [-0.39, 0.29) is 24.8 Å². The maximum absolute atomic E-state index is 13.3. The first-order valence-corrected chi connectivity index (χ1v) is 14.2. The number of hydrogen-bond donors (Lipinski definition) is 1. The number of carbonyl (C=O) groups excluding carboxylic acids is 2. The highest BCUT2D eigenvalue weighted by atomic mass is 32.2. The Hall–Kier alpha value is -3.07. The second-order valence-corrected chi connectivity index (χ2v) is 10.7. The number of ether oxygens (including phenoxy) is 1. The highest BCUT2D eigenvalue weighted by molar-refractivity contribution is 7.92. The third-order valence-electron chi connectivity index (χ3n) is 5.78. The van der Waals surface area contributed by atoms with Crippen LogP contribution in [0.4, 0.5) is 5.69 Å². The van der Waals surface area contributed by atoms with Crippen LogP contribution < -0.4 is 14.4 Å². The Morgan fingerprint density at radius 3 is 2.22 bits per heavy atom. The van der Waals surface area contributed by atoms with Crippen LogP contribution in [0, 0.1) is 6.92 Å². The Morgan fingerprint density at radius 2 is 1.67 bits per heavy atom. The first-order valence-electron chi connectivity index (χ1n) is 12.4. The third kappa shape index (κ3) is 8.86. The molecule has 0 heterocycles. The zero-order valence-corrected chi connectivity index (χ0v) is 22.8. The van der Waals surface area contributed by atoms with E-state index < -0.39 is 16.1 Å². The van der Waals surface area contributed by atoms with E-state index in [1.54, 1.807) is 36.1 Å². The molecule has 1 unspecified atom stereocenters. The van der Waals surface area contributed by atoms with Crippen molar-refractivity contribution in [2.45, 2.75) is 59.5 Å². The molecule has 2 aromatic rings. The van der Waals surface area contributed by atoms with E-state index >= 15 is 0 Å². The van der Waals surface area contributed by atoms with Gasteiger partial charge >= 0.3 is 0 Å². The van der Waals surface area contributed by atoms with Crippen molar-refractivity contribution in [2.75, 3.05) is 30.3 Å². The summed E-state index contributed by atoms with van der Waals surface area (Å²) in [5, 5.41) is 2.86. The Labute approximate surface area is 215 Å². The van der Waals surface area contributed by atoms with Crippen LogP contribution in [0.3, 0.4) is 0 Å². The van der Waals surface area contributed by atoms with E-state index in [2.05, 4.69) is 5.32 Å². The first kappa shape index (κ1) is 29.2. The van der Waals surface area contributed by atoms with Crippen LogP contribution in [0.5, 0.6) is 5.75 Å². The fraction of sp³-hybridized carbons (Fsp3) is 0.481.